The summed E-state index contributed by atoms with van der Waals surface area (Å²) in [5, 5.41) is 11.7. The second-order valence-electron chi connectivity index (χ2n) is 4.99. The van der Waals surface area contributed by atoms with Crippen LogP contribution in [0.2, 0.25) is 0 Å². The van der Waals surface area contributed by atoms with Crippen molar-refractivity contribution in [2.75, 3.05) is 0 Å². The van der Waals surface area contributed by atoms with Crippen molar-refractivity contribution in [1.29, 1.82) is 0 Å². The van der Waals surface area contributed by atoms with Crippen LogP contribution < -0.4 is 5.32 Å². The van der Waals surface area contributed by atoms with Crippen LogP contribution in [-0.2, 0) is 13.6 Å². The third-order valence-electron chi connectivity index (χ3n) is 3.41. The van der Waals surface area contributed by atoms with Crippen LogP contribution in [0.25, 0.3) is 0 Å². The Morgan fingerprint density at radius 1 is 1.33 bits per heavy atom. The first-order chi connectivity index (χ1) is 8.83. The first kappa shape index (κ1) is 11.4. The number of nitrogens with zero attached hydrogens (tertiary/aromatic N) is 3. The van der Waals surface area contributed by atoms with Gasteiger partial charge >= 0.3 is 0 Å². The normalized spacial score (nSPS) is 16.7. The molecule has 4 heteroatoms. The quantitative estimate of drug-likeness (QED) is 0.872. The number of hydrogen-bond acceptors (Lipinski definition) is 3. The molecule has 1 aromatic carbocycles. The van der Waals surface area contributed by atoms with Gasteiger partial charge < -0.3 is 5.32 Å². The third kappa shape index (κ3) is 2.59. The summed E-state index contributed by atoms with van der Waals surface area (Å²) < 4.78 is 1.74. The van der Waals surface area contributed by atoms with E-state index < -0.39 is 0 Å². The molecule has 1 fully saturated rings. The monoisotopic (exact) mass is 242 g/mol. The van der Waals surface area contributed by atoms with Crippen LogP contribution in [0.5, 0.6) is 0 Å². The van der Waals surface area contributed by atoms with Crippen molar-refractivity contribution in [3.63, 3.8) is 0 Å². The van der Waals surface area contributed by atoms with Crippen LogP contribution in [0.3, 0.4) is 0 Å². The molecule has 0 radical (unpaired) electrons. The molecule has 1 unspecified atom stereocenters. The Hall–Kier alpha value is -1.68. The molecule has 0 spiro atoms. The smallest absolute Gasteiger partial charge is 0.0964 e. The molecule has 0 saturated heterocycles. The number of benzene rings is 1. The molecule has 1 N–H and O–H groups in total. The minimum atomic E-state index is 0.452. The molecule has 94 valence electrons. The fourth-order valence-electron chi connectivity index (χ4n) is 2.34. The maximum absolute atomic E-state index is 4.11. The summed E-state index contributed by atoms with van der Waals surface area (Å²) in [5.74, 6) is 0.782. The second kappa shape index (κ2) is 4.90. The van der Waals surface area contributed by atoms with Crippen molar-refractivity contribution >= 4 is 0 Å². The van der Waals surface area contributed by atoms with E-state index in [0.29, 0.717) is 6.04 Å². The van der Waals surface area contributed by atoms with E-state index in [4.69, 9.17) is 0 Å². The van der Waals surface area contributed by atoms with Gasteiger partial charge in [-0.2, -0.15) is 0 Å². The molecule has 3 rings (SSSR count). The molecule has 0 amide bonds. The highest BCUT2D eigenvalue weighted by Gasteiger charge is 2.31. The second-order valence-corrected chi connectivity index (χ2v) is 4.99. The summed E-state index contributed by atoms with van der Waals surface area (Å²) in [6, 6.07) is 11.1. The molecule has 1 aromatic heterocycles. The molecular formula is C14H18N4. The maximum atomic E-state index is 4.11. The lowest BCUT2D eigenvalue weighted by molar-refractivity contribution is 0.476. The molecule has 1 aliphatic rings. The van der Waals surface area contributed by atoms with E-state index in [-0.39, 0.29) is 0 Å². The van der Waals surface area contributed by atoms with Gasteiger partial charge in [0.15, 0.2) is 0 Å². The Kier molecular flexibility index (Phi) is 3.11. The minimum absolute atomic E-state index is 0.452. The highest BCUT2D eigenvalue weighted by Crippen LogP contribution is 2.40. The van der Waals surface area contributed by atoms with Crippen LogP contribution in [0.4, 0.5) is 0 Å². The van der Waals surface area contributed by atoms with Gasteiger partial charge in [-0.05, 0) is 24.3 Å². The third-order valence-corrected chi connectivity index (χ3v) is 3.41. The molecule has 1 atom stereocenters. The number of hydrogen-bond donors (Lipinski definition) is 1. The molecule has 0 aliphatic heterocycles. The van der Waals surface area contributed by atoms with Gasteiger partial charge in [0.1, 0.15) is 0 Å². The predicted octanol–water partition coefficient (Wildman–Crippen LogP) is 2.06. The Morgan fingerprint density at radius 2 is 2.11 bits per heavy atom. The summed E-state index contributed by atoms with van der Waals surface area (Å²) >= 11 is 0. The molecule has 1 saturated carbocycles. The topological polar surface area (TPSA) is 42.7 Å². The molecular weight excluding hydrogens is 224 g/mol. The fourth-order valence-corrected chi connectivity index (χ4v) is 2.34. The van der Waals surface area contributed by atoms with Crippen molar-refractivity contribution in [2.45, 2.75) is 25.4 Å². The van der Waals surface area contributed by atoms with E-state index in [1.807, 2.05) is 13.2 Å². The average Bonchev–Trinajstić information content (AvgIpc) is 3.14. The number of aromatic nitrogens is 3. The predicted molar refractivity (Wildman–Crippen MR) is 69.7 cm³/mol. The van der Waals surface area contributed by atoms with Crippen LogP contribution in [0.1, 0.15) is 30.1 Å². The lowest BCUT2D eigenvalue weighted by Crippen LogP contribution is -2.22. The standard InChI is InChI=1S/C14H18N4/c1-18-10-13(16-17-18)9-15-14(12-7-8-12)11-5-3-2-4-6-11/h2-6,10,12,14-15H,7-9H2,1H3. The van der Waals surface area contributed by atoms with Gasteiger partial charge in [-0.3, -0.25) is 4.68 Å². The van der Waals surface area contributed by atoms with Crippen molar-refractivity contribution in [2.24, 2.45) is 13.0 Å². The fraction of sp³-hybridized carbons (Fsp3) is 0.429. The van der Waals surface area contributed by atoms with Gasteiger partial charge in [0.05, 0.1) is 5.69 Å². The zero-order valence-electron chi connectivity index (χ0n) is 10.6. The van der Waals surface area contributed by atoms with Crippen molar-refractivity contribution in [3.05, 3.63) is 47.8 Å². The van der Waals surface area contributed by atoms with Gasteiger partial charge in [-0.25, -0.2) is 0 Å². The highest BCUT2D eigenvalue weighted by molar-refractivity contribution is 5.21. The van der Waals surface area contributed by atoms with E-state index in [2.05, 4.69) is 46.0 Å². The Bertz CT molecular complexity index is 502. The van der Waals surface area contributed by atoms with E-state index in [9.17, 15) is 0 Å². The van der Waals surface area contributed by atoms with Crippen LogP contribution in [0.15, 0.2) is 36.5 Å². The first-order valence-corrected chi connectivity index (χ1v) is 6.46. The van der Waals surface area contributed by atoms with Gasteiger partial charge in [-0.1, -0.05) is 35.5 Å². The zero-order valence-corrected chi connectivity index (χ0v) is 10.6. The van der Waals surface area contributed by atoms with Gasteiger partial charge in [0.2, 0.25) is 0 Å². The van der Waals surface area contributed by atoms with E-state index >= 15 is 0 Å². The lowest BCUT2D eigenvalue weighted by Gasteiger charge is -2.17. The molecule has 1 aliphatic carbocycles. The van der Waals surface area contributed by atoms with E-state index in [0.717, 1.165) is 18.2 Å². The number of aryl methyl sites for hydroxylation is 1. The first-order valence-electron chi connectivity index (χ1n) is 6.46. The Balaban J connectivity index is 1.68. The van der Waals surface area contributed by atoms with Crippen LogP contribution >= 0.6 is 0 Å². The summed E-state index contributed by atoms with van der Waals surface area (Å²) in [6.45, 7) is 0.782. The van der Waals surface area contributed by atoms with Crippen molar-refractivity contribution in [3.8, 4) is 0 Å². The summed E-state index contributed by atoms with van der Waals surface area (Å²) in [5.41, 5.74) is 2.38. The minimum Gasteiger partial charge on any atom is -0.304 e. The van der Waals surface area contributed by atoms with Gasteiger partial charge in [0, 0.05) is 25.8 Å². The Morgan fingerprint density at radius 3 is 2.72 bits per heavy atom. The van der Waals surface area contributed by atoms with Crippen molar-refractivity contribution in [1.82, 2.24) is 20.3 Å². The molecule has 4 nitrogen and oxygen atoms in total. The molecule has 1 heterocycles. The maximum Gasteiger partial charge on any atom is 0.0964 e. The van der Waals surface area contributed by atoms with Crippen molar-refractivity contribution < 1.29 is 0 Å². The molecule has 0 bridgehead atoms. The summed E-state index contributed by atoms with van der Waals surface area (Å²) in [7, 11) is 1.89. The van der Waals surface area contributed by atoms with Gasteiger partial charge in [-0.15, -0.1) is 5.10 Å². The largest absolute Gasteiger partial charge is 0.304 e. The average molecular weight is 242 g/mol. The highest BCUT2D eigenvalue weighted by atomic mass is 15.4. The number of rotatable bonds is 5. The SMILES string of the molecule is Cn1cc(CNC(c2ccccc2)C2CC2)nn1. The van der Waals surface area contributed by atoms with E-state index in [1.54, 1.807) is 4.68 Å². The number of nitrogens with one attached hydrogen (secondary N) is 1. The summed E-state index contributed by atoms with van der Waals surface area (Å²) in [4.78, 5) is 0. The van der Waals surface area contributed by atoms with Crippen LogP contribution in [0, 0.1) is 5.92 Å². The lowest BCUT2D eigenvalue weighted by atomic mass is 10.0. The van der Waals surface area contributed by atoms with E-state index in [1.165, 1.54) is 18.4 Å². The summed E-state index contributed by atoms with van der Waals surface area (Å²) in [6.07, 6.45) is 4.61. The van der Waals surface area contributed by atoms with Crippen LogP contribution in [-0.4, -0.2) is 15.0 Å². The molecule has 18 heavy (non-hydrogen) atoms. The van der Waals surface area contributed by atoms with Gasteiger partial charge in [0.25, 0.3) is 0 Å². The Labute approximate surface area is 107 Å². The molecule has 2 aromatic rings. The zero-order chi connectivity index (χ0) is 12.4.